The third kappa shape index (κ3) is 2.80. The fraction of sp³-hybridized carbons (Fsp3) is 0.273. The van der Waals surface area contributed by atoms with E-state index in [1.165, 1.54) is 23.1 Å². The number of aryl methyl sites for hydroxylation is 1. The molecule has 0 aliphatic carbocycles. The zero-order valence-electron chi connectivity index (χ0n) is 10.3. The highest BCUT2D eigenvalue weighted by Crippen LogP contribution is 2.24. The number of aliphatic hydroxyl groups excluding tert-OH is 1. The summed E-state index contributed by atoms with van der Waals surface area (Å²) in [5.74, 6) is 0.497. The second-order valence-electron chi connectivity index (χ2n) is 4.05. The van der Waals surface area contributed by atoms with Crippen LogP contribution in [0.1, 0.15) is 5.56 Å². The molecule has 3 N–H and O–H groups in total. The molecule has 0 amide bonds. The maximum absolute atomic E-state index is 11.4. The number of primary sulfonamides is 1. The minimum absolute atomic E-state index is 0.0200. The molecule has 19 heavy (non-hydrogen) atoms. The molecule has 0 bridgehead atoms. The summed E-state index contributed by atoms with van der Waals surface area (Å²) in [5, 5.41) is 18.1. The third-order valence-electron chi connectivity index (χ3n) is 2.71. The van der Waals surface area contributed by atoms with Gasteiger partial charge in [-0.15, -0.1) is 0 Å². The van der Waals surface area contributed by atoms with Gasteiger partial charge < -0.3 is 5.11 Å². The van der Waals surface area contributed by atoms with Crippen molar-refractivity contribution >= 4 is 10.0 Å². The van der Waals surface area contributed by atoms with Crippen LogP contribution in [0.2, 0.25) is 0 Å². The topological polar surface area (TPSA) is 111 Å². The maximum atomic E-state index is 11.4. The van der Waals surface area contributed by atoms with Crippen LogP contribution in [-0.4, -0.2) is 34.9 Å². The van der Waals surface area contributed by atoms with E-state index in [4.69, 9.17) is 10.2 Å². The molecule has 1 aromatic carbocycles. The second-order valence-corrected chi connectivity index (χ2v) is 5.61. The van der Waals surface area contributed by atoms with Crippen LogP contribution in [-0.2, 0) is 16.6 Å². The number of sulfonamides is 1. The van der Waals surface area contributed by atoms with Crippen LogP contribution in [0.25, 0.3) is 11.4 Å². The van der Waals surface area contributed by atoms with Gasteiger partial charge in [0.2, 0.25) is 10.0 Å². The lowest BCUT2D eigenvalue weighted by Gasteiger charge is -2.08. The van der Waals surface area contributed by atoms with Crippen molar-refractivity contribution in [3.63, 3.8) is 0 Å². The first kappa shape index (κ1) is 13.7. The molecule has 0 aliphatic rings. The second kappa shape index (κ2) is 5.08. The van der Waals surface area contributed by atoms with Crippen LogP contribution in [0.15, 0.2) is 29.4 Å². The van der Waals surface area contributed by atoms with Crippen LogP contribution in [0.4, 0.5) is 0 Å². The highest BCUT2D eigenvalue weighted by molar-refractivity contribution is 7.89. The lowest BCUT2D eigenvalue weighted by molar-refractivity contribution is 0.270. The Balaban J connectivity index is 2.58. The summed E-state index contributed by atoms with van der Waals surface area (Å²) in [7, 11) is -3.77. The van der Waals surface area contributed by atoms with Gasteiger partial charge in [-0.05, 0) is 24.6 Å². The van der Waals surface area contributed by atoms with Gasteiger partial charge in [-0.2, -0.15) is 5.10 Å². The molecule has 0 radical (unpaired) electrons. The van der Waals surface area contributed by atoms with E-state index in [2.05, 4.69) is 10.1 Å². The Morgan fingerprint density at radius 1 is 1.42 bits per heavy atom. The van der Waals surface area contributed by atoms with Gasteiger partial charge in [0.25, 0.3) is 0 Å². The predicted octanol–water partition coefficient (Wildman–Crippen LogP) is -0.107. The first-order valence-electron chi connectivity index (χ1n) is 5.56. The number of nitrogens with zero attached hydrogens (tertiary/aromatic N) is 3. The van der Waals surface area contributed by atoms with Gasteiger partial charge in [0.15, 0.2) is 5.82 Å². The number of rotatable bonds is 4. The van der Waals surface area contributed by atoms with E-state index in [1.54, 1.807) is 6.07 Å². The number of hydrogen-bond donors (Lipinski definition) is 2. The number of nitrogens with two attached hydrogens (primary N) is 1. The molecular weight excluding hydrogens is 268 g/mol. The van der Waals surface area contributed by atoms with Crippen molar-refractivity contribution in [2.75, 3.05) is 6.61 Å². The van der Waals surface area contributed by atoms with Crippen molar-refractivity contribution in [2.24, 2.45) is 5.14 Å². The monoisotopic (exact) mass is 282 g/mol. The first-order chi connectivity index (χ1) is 8.93. The van der Waals surface area contributed by atoms with Crippen molar-refractivity contribution in [3.8, 4) is 11.4 Å². The highest BCUT2D eigenvalue weighted by Gasteiger charge is 2.14. The average molecular weight is 282 g/mol. The van der Waals surface area contributed by atoms with Crippen molar-refractivity contribution in [1.29, 1.82) is 0 Å². The van der Waals surface area contributed by atoms with E-state index in [1.807, 2.05) is 6.92 Å². The fourth-order valence-corrected chi connectivity index (χ4v) is 2.29. The minimum Gasteiger partial charge on any atom is -0.394 e. The van der Waals surface area contributed by atoms with Crippen LogP contribution in [0.3, 0.4) is 0 Å². The highest BCUT2D eigenvalue weighted by atomic mass is 32.2. The third-order valence-corrected chi connectivity index (χ3v) is 3.62. The average Bonchev–Trinajstić information content (AvgIpc) is 2.77. The van der Waals surface area contributed by atoms with Crippen LogP contribution in [0.5, 0.6) is 0 Å². The molecule has 0 unspecified atom stereocenters. The number of aliphatic hydroxyl groups is 1. The maximum Gasteiger partial charge on any atom is 0.238 e. The predicted molar refractivity (Wildman–Crippen MR) is 68.7 cm³/mol. The Kier molecular flexibility index (Phi) is 3.65. The van der Waals surface area contributed by atoms with Gasteiger partial charge in [0.1, 0.15) is 6.33 Å². The molecule has 8 heteroatoms. The van der Waals surface area contributed by atoms with Gasteiger partial charge in [-0.1, -0.05) is 6.07 Å². The Hall–Kier alpha value is -1.77. The summed E-state index contributed by atoms with van der Waals surface area (Å²) in [6, 6.07) is 4.57. The van der Waals surface area contributed by atoms with E-state index < -0.39 is 10.0 Å². The van der Waals surface area contributed by atoms with Crippen LogP contribution in [0, 0.1) is 6.92 Å². The number of benzene rings is 1. The van der Waals surface area contributed by atoms with E-state index in [0.717, 1.165) is 5.56 Å². The van der Waals surface area contributed by atoms with Gasteiger partial charge in [0, 0.05) is 5.56 Å². The molecule has 0 saturated heterocycles. The van der Waals surface area contributed by atoms with Crippen molar-refractivity contribution in [3.05, 3.63) is 30.1 Å². The molecule has 2 aromatic rings. The van der Waals surface area contributed by atoms with Crippen molar-refractivity contribution in [1.82, 2.24) is 14.8 Å². The fourth-order valence-electron chi connectivity index (χ4n) is 1.75. The lowest BCUT2D eigenvalue weighted by Crippen LogP contribution is -2.13. The van der Waals surface area contributed by atoms with Crippen molar-refractivity contribution in [2.45, 2.75) is 18.4 Å². The lowest BCUT2D eigenvalue weighted by atomic mass is 10.1. The van der Waals surface area contributed by atoms with Gasteiger partial charge in [-0.25, -0.2) is 23.2 Å². The molecular formula is C11H14N4O3S. The molecule has 0 aliphatic heterocycles. The summed E-state index contributed by atoms with van der Waals surface area (Å²) < 4.78 is 24.3. The molecule has 2 rings (SSSR count). The minimum atomic E-state index is -3.77. The zero-order valence-corrected chi connectivity index (χ0v) is 11.1. The van der Waals surface area contributed by atoms with Crippen LogP contribution < -0.4 is 5.14 Å². The Labute approximate surface area is 110 Å². The molecule has 0 saturated carbocycles. The smallest absolute Gasteiger partial charge is 0.238 e. The Bertz CT molecular complexity index is 694. The number of hydrogen-bond acceptors (Lipinski definition) is 5. The Morgan fingerprint density at radius 2 is 2.16 bits per heavy atom. The van der Waals surface area contributed by atoms with Gasteiger partial charge in [-0.3, -0.25) is 0 Å². The van der Waals surface area contributed by atoms with E-state index in [0.29, 0.717) is 11.4 Å². The molecule has 1 heterocycles. The van der Waals surface area contributed by atoms with E-state index in [9.17, 15) is 8.42 Å². The van der Waals surface area contributed by atoms with Crippen molar-refractivity contribution < 1.29 is 13.5 Å². The van der Waals surface area contributed by atoms with E-state index >= 15 is 0 Å². The SMILES string of the molecule is Cc1ccc(S(N)(=O)=O)cc1-c1ncnn1CCO. The first-order valence-corrected chi connectivity index (χ1v) is 7.10. The molecule has 0 fully saturated rings. The summed E-state index contributed by atoms with van der Waals surface area (Å²) in [6.45, 7) is 2.04. The summed E-state index contributed by atoms with van der Waals surface area (Å²) in [4.78, 5) is 4.11. The summed E-state index contributed by atoms with van der Waals surface area (Å²) in [6.07, 6.45) is 1.36. The largest absolute Gasteiger partial charge is 0.394 e. The summed E-state index contributed by atoms with van der Waals surface area (Å²) >= 11 is 0. The molecule has 102 valence electrons. The molecule has 0 spiro atoms. The summed E-state index contributed by atoms with van der Waals surface area (Å²) in [5.41, 5.74) is 1.47. The number of aromatic nitrogens is 3. The van der Waals surface area contributed by atoms with Gasteiger partial charge >= 0.3 is 0 Å². The standard InChI is InChI=1S/C11H14N4O3S/c1-8-2-3-9(19(12,17)18)6-10(8)11-13-7-14-15(11)4-5-16/h2-3,6-7,16H,4-5H2,1H3,(H2,12,17,18). The van der Waals surface area contributed by atoms with Crippen LogP contribution >= 0.6 is 0 Å². The van der Waals surface area contributed by atoms with E-state index in [-0.39, 0.29) is 18.0 Å². The Morgan fingerprint density at radius 3 is 2.79 bits per heavy atom. The zero-order chi connectivity index (χ0) is 14.0. The quantitative estimate of drug-likeness (QED) is 0.813. The molecule has 0 atom stereocenters. The van der Waals surface area contributed by atoms with Gasteiger partial charge in [0.05, 0.1) is 18.0 Å². The normalized spacial score (nSPS) is 11.7. The molecule has 7 nitrogen and oxygen atoms in total. The molecule has 1 aromatic heterocycles.